The first-order chi connectivity index (χ1) is 12.3. The van der Waals surface area contributed by atoms with E-state index in [0.717, 1.165) is 34.8 Å². The van der Waals surface area contributed by atoms with Gasteiger partial charge in [0.05, 0.1) is 7.11 Å². The molecule has 3 atom stereocenters. The molecule has 0 bridgehead atoms. The number of methoxy groups -OCH3 is 1. The van der Waals surface area contributed by atoms with E-state index in [4.69, 9.17) is 0 Å². The molecule has 0 N–H and O–H groups in total. The van der Waals surface area contributed by atoms with Crippen molar-refractivity contribution in [2.45, 2.75) is 51.9 Å². The fourth-order valence-corrected chi connectivity index (χ4v) is 1.85. The van der Waals surface area contributed by atoms with Gasteiger partial charge in [0, 0.05) is 27.7 Å². The summed E-state index contributed by atoms with van der Waals surface area (Å²) in [5, 5.41) is 0. The van der Waals surface area contributed by atoms with Crippen molar-refractivity contribution >= 4 is 29.8 Å². The molecule has 0 aliphatic rings. The summed E-state index contributed by atoms with van der Waals surface area (Å²) >= 11 is 0. The average Bonchev–Trinajstić information content (AvgIpc) is 2.52. The first-order valence-electron chi connectivity index (χ1n) is 7.43. The second kappa shape index (κ2) is 10.4. The highest BCUT2D eigenvalue weighted by atomic mass is 19.3. The van der Waals surface area contributed by atoms with Crippen molar-refractivity contribution in [2.24, 2.45) is 0 Å². The lowest BCUT2D eigenvalue weighted by molar-refractivity contribution is -0.240. The van der Waals surface area contributed by atoms with Crippen LogP contribution in [0.3, 0.4) is 0 Å². The van der Waals surface area contributed by atoms with Crippen molar-refractivity contribution in [1.82, 2.24) is 0 Å². The minimum absolute atomic E-state index is 0.762. The molecule has 0 aliphatic heterocycles. The SMILES string of the molecule is COC(=O)[C@H](OC(C)=O)[C@@H](OC(C)=O)C(F)(F)[C@@H](COC(C)=O)OC(C)=O. The third kappa shape index (κ3) is 7.96. The summed E-state index contributed by atoms with van der Waals surface area (Å²) in [6.45, 7) is 2.19. The Balaban J connectivity index is 6.06. The Morgan fingerprint density at radius 2 is 1.30 bits per heavy atom. The lowest BCUT2D eigenvalue weighted by atomic mass is 10.0. The number of hydrogen-bond acceptors (Lipinski definition) is 10. The topological polar surface area (TPSA) is 132 Å². The van der Waals surface area contributed by atoms with Crippen LogP contribution in [0.4, 0.5) is 8.78 Å². The number of carbonyl (C=O) groups is 5. The monoisotopic (exact) mass is 398 g/mol. The molecule has 10 nitrogen and oxygen atoms in total. The van der Waals surface area contributed by atoms with Crippen LogP contribution in [0.15, 0.2) is 0 Å². The summed E-state index contributed by atoms with van der Waals surface area (Å²) in [4.78, 5) is 56.3. The van der Waals surface area contributed by atoms with E-state index in [-0.39, 0.29) is 0 Å². The Labute approximate surface area is 153 Å². The Bertz CT molecular complexity index is 589. The largest absolute Gasteiger partial charge is 0.466 e. The predicted octanol–water partition coefficient (Wildman–Crippen LogP) is 0.153. The van der Waals surface area contributed by atoms with Crippen LogP contribution in [0.1, 0.15) is 27.7 Å². The van der Waals surface area contributed by atoms with Crippen molar-refractivity contribution in [2.75, 3.05) is 13.7 Å². The molecular formula is C15H20F2O10. The number of ether oxygens (including phenoxy) is 5. The van der Waals surface area contributed by atoms with Crippen molar-refractivity contribution in [3.8, 4) is 0 Å². The lowest BCUT2D eigenvalue weighted by Crippen LogP contribution is -2.58. The van der Waals surface area contributed by atoms with E-state index in [1.54, 1.807) is 0 Å². The third-order valence-corrected chi connectivity index (χ3v) is 2.85. The number of halogens is 2. The number of carbonyl (C=O) groups excluding carboxylic acids is 5. The lowest BCUT2D eigenvalue weighted by Gasteiger charge is -2.34. The van der Waals surface area contributed by atoms with Gasteiger partial charge in [-0.15, -0.1) is 0 Å². The van der Waals surface area contributed by atoms with Gasteiger partial charge in [0.1, 0.15) is 6.61 Å². The van der Waals surface area contributed by atoms with E-state index in [1.165, 1.54) is 0 Å². The van der Waals surface area contributed by atoms with Gasteiger partial charge in [0.2, 0.25) is 18.3 Å². The molecule has 0 rings (SSSR count). The molecule has 0 aliphatic carbocycles. The fraction of sp³-hybridized carbons (Fsp3) is 0.667. The van der Waals surface area contributed by atoms with Gasteiger partial charge in [-0.3, -0.25) is 19.2 Å². The third-order valence-electron chi connectivity index (χ3n) is 2.85. The maximum atomic E-state index is 15.0. The Hall–Kier alpha value is -2.79. The van der Waals surface area contributed by atoms with Crippen LogP contribution < -0.4 is 0 Å². The van der Waals surface area contributed by atoms with Gasteiger partial charge in [0.15, 0.2) is 0 Å². The molecule has 0 heterocycles. The van der Waals surface area contributed by atoms with Gasteiger partial charge in [-0.2, -0.15) is 8.78 Å². The summed E-state index contributed by atoms with van der Waals surface area (Å²) < 4.78 is 52.1. The van der Waals surface area contributed by atoms with Gasteiger partial charge in [-0.25, -0.2) is 4.79 Å². The molecule has 0 aromatic rings. The van der Waals surface area contributed by atoms with E-state index in [1.807, 2.05) is 0 Å². The zero-order valence-electron chi connectivity index (χ0n) is 15.3. The van der Waals surface area contributed by atoms with Gasteiger partial charge in [-0.1, -0.05) is 0 Å². The molecule has 0 aromatic carbocycles. The van der Waals surface area contributed by atoms with E-state index < -0.39 is 60.7 Å². The van der Waals surface area contributed by atoms with Crippen LogP contribution in [-0.2, 0) is 47.7 Å². The fourth-order valence-electron chi connectivity index (χ4n) is 1.85. The maximum absolute atomic E-state index is 15.0. The minimum atomic E-state index is -4.32. The summed E-state index contributed by atoms with van der Waals surface area (Å²) in [5.74, 6) is -10.3. The van der Waals surface area contributed by atoms with Crippen LogP contribution in [0.2, 0.25) is 0 Å². The van der Waals surface area contributed by atoms with Gasteiger partial charge in [-0.05, 0) is 0 Å². The molecule has 0 saturated carbocycles. The molecule has 0 amide bonds. The van der Waals surface area contributed by atoms with Crippen LogP contribution in [0.5, 0.6) is 0 Å². The molecule has 0 unspecified atom stereocenters. The highest BCUT2D eigenvalue weighted by Gasteiger charge is 2.58. The van der Waals surface area contributed by atoms with Gasteiger partial charge < -0.3 is 23.7 Å². The predicted molar refractivity (Wildman–Crippen MR) is 80.3 cm³/mol. The molecule has 0 fully saturated rings. The first-order valence-corrected chi connectivity index (χ1v) is 7.43. The van der Waals surface area contributed by atoms with E-state index in [0.29, 0.717) is 0 Å². The van der Waals surface area contributed by atoms with Crippen LogP contribution in [-0.4, -0.2) is 67.8 Å². The summed E-state index contributed by atoms with van der Waals surface area (Å²) in [6, 6.07) is 0. The number of alkyl halides is 2. The van der Waals surface area contributed by atoms with Crippen molar-refractivity contribution in [1.29, 1.82) is 0 Å². The van der Waals surface area contributed by atoms with Crippen LogP contribution in [0, 0.1) is 0 Å². The molecule has 0 aromatic heterocycles. The van der Waals surface area contributed by atoms with Gasteiger partial charge >= 0.3 is 35.8 Å². The van der Waals surface area contributed by atoms with Crippen molar-refractivity contribution in [3.63, 3.8) is 0 Å². The molecule has 154 valence electrons. The number of rotatable bonds is 9. The average molecular weight is 398 g/mol. The maximum Gasteiger partial charge on any atom is 0.351 e. The van der Waals surface area contributed by atoms with E-state index in [9.17, 15) is 32.8 Å². The first kappa shape index (κ1) is 24.2. The zero-order valence-corrected chi connectivity index (χ0v) is 15.3. The highest BCUT2D eigenvalue weighted by molar-refractivity contribution is 5.80. The van der Waals surface area contributed by atoms with Crippen molar-refractivity contribution < 1.29 is 56.4 Å². The minimum Gasteiger partial charge on any atom is -0.466 e. The smallest absolute Gasteiger partial charge is 0.351 e. The second-order valence-electron chi connectivity index (χ2n) is 5.16. The quantitative estimate of drug-likeness (QED) is 0.391. The summed E-state index contributed by atoms with van der Waals surface area (Å²) in [7, 11) is 0.824. The molecule has 0 saturated heterocycles. The summed E-state index contributed by atoms with van der Waals surface area (Å²) in [6.07, 6.45) is -7.56. The zero-order chi connectivity index (χ0) is 21.4. The molecule has 0 spiro atoms. The van der Waals surface area contributed by atoms with E-state index >= 15 is 0 Å². The Kier molecular flexibility index (Phi) is 9.31. The second-order valence-corrected chi connectivity index (χ2v) is 5.16. The van der Waals surface area contributed by atoms with Crippen LogP contribution in [0.25, 0.3) is 0 Å². The molecular weight excluding hydrogens is 378 g/mol. The number of hydrogen-bond donors (Lipinski definition) is 0. The van der Waals surface area contributed by atoms with Crippen molar-refractivity contribution in [3.05, 3.63) is 0 Å². The highest BCUT2D eigenvalue weighted by Crippen LogP contribution is 2.32. The van der Waals surface area contributed by atoms with Crippen LogP contribution >= 0.6 is 0 Å². The Morgan fingerprint density at radius 1 is 0.815 bits per heavy atom. The number of esters is 5. The summed E-state index contributed by atoms with van der Waals surface area (Å²) in [5.41, 5.74) is 0. The molecule has 27 heavy (non-hydrogen) atoms. The normalized spacial score (nSPS) is 14.2. The van der Waals surface area contributed by atoms with Gasteiger partial charge in [0.25, 0.3) is 0 Å². The van der Waals surface area contributed by atoms with E-state index in [2.05, 4.69) is 23.7 Å². The standard InChI is InChI=1S/C15H20F2O10/c1-7(18)24-6-11(25-8(2)19)15(16,17)13(27-10(4)21)12(14(22)23-5)26-9(3)20/h11-13H,6H2,1-5H3/t11-,12-,13-/m1/s1. The molecule has 0 radical (unpaired) electrons. The Morgan fingerprint density at radius 3 is 1.67 bits per heavy atom. The molecule has 12 heteroatoms.